The summed E-state index contributed by atoms with van der Waals surface area (Å²) in [5, 5.41) is 25.3. The number of nitro groups is 1. The Balaban J connectivity index is 2.65. The van der Waals surface area contributed by atoms with Gasteiger partial charge in [-0.05, 0) is 41.0 Å². The molecular weight excluding hydrogens is 328 g/mol. The van der Waals surface area contributed by atoms with E-state index in [2.05, 4.69) is 26.1 Å². The summed E-state index contributed by atoms with van der Waals surface area (Å²) in [4.78, 5) is 11.0. The molecule has 2 N–H and O–H groups in total. The summed E-state index contributed by atoms with van der Waals surface area (Å²) in [6.45, 7) is 14.2. The Morgan fingerprint density at radius 1 is 0.962 bits per heavy atom. The van der Waals surface area contributed by atoms with E-state index in [-0.39, 0.29) is 22.3 Å². The smallest absolute Gasteiger partial charge is 0.292 e. The third kappa shape index (κ3) is 4.15. The maximum atomic E-state index is 11.4. The highest BCUT2D eigenvalue weighted by atomic mass is 16.6. The molecule has 0 aliphatic carbocycles. The lowest BCUT2D eigenvalue weighted by Gasteiger charge is -2.27. The van der Waals surface area contributed by atoms with Crippen LogP contribution in [-0.2, 0) is 10.8 Å². The molecule has 0 fully saturated rings. The highest BCUT2D eigenvalue weighted by Gasteiger charge is 2.26. The number of benzene rings is 2. The molecule has 0 saturated heterocycles. The van der Waals surface area contributed by atoms with Gasteiger partial charge in [0.25, 0.3) is 5.69 Å². The Morgan fingerprint density at radius 3 is 2.08 bits per heavy atom. The van der Waals surface area contributed by atoms with Gasteiger partial charge in [0.2, 0.25) is 0 Å². The number of phenolic OH excluding ortho intramolecular Hbond substituents is 1. The van der Waals surface area contributed by atoms with Crippen LogP contribution in [0.2, 0.25) is 0 Å². The number of hydrogen-bond acceptors (Lipinski definition) is 4. The maximum absolute atomic E-state index is 11.4. The molecule has 2 rings (SSSR count). The SMILES string of the molecule is Cc1ccc(Nc2cc(C(C)(C)C)cc(C(C)(C)C)c2O)c([N+](=O)[O-])c1. The normalized spacial score (nSPS) is 12.1. The standard InChI is InChI=1S/C21H28N2O3/c1-13-8-9-16(18(10-13)23(25)26)22-17-12-14(20(2,3)4)11-15(19(17)24)21(5,6)7/h8-12,22,24H,1-7H3. The Hall–Kier alpha value is -2.56. The second-order valence-electron chi connectivity index (χ2n) is 8.82. The van der Waals surface area contributed by atoms with Gasteiger partial charge in [-0.15, -0.1) is 0 Å². The summed E-state index contributed by atoms with van der Waals surface area (Å²) in [6.07, 6.45) is 0. The van der Waals surface area contributed by atoms with Gasteiger partial charge >= 0.3 is 0 Å². The summed E-state index contributed by atoms with van der Waals surface area (Å²) >= 11 is 0. The molecule has 5 heteroatoms. The van der Waals surface area contributed by atoms with Crippen molar-refractivity contribution in [3.05, 3.63) is 57.1 Å². The number of nitro benzene ring substituents is 1. The summed E-state index contributed by atoms with van der Waals surface area (Å²) in [5.41, 5.74) is 3.12. The lowest BCUT2D eigenvalue weighted by Crippen LogP contribution is -2.17. The fourth-order valence-corrected chi connectivity index (χ4v) is 2.78. The molecule has 140 valence electrons. The minimum atomic E-state index is -0.412. The van der Waals surface area contributed by atoms with E-state index in [9.17, 15) is 15.2 Å². The molecule has 0 atom stereocenters. The van der Waals surface area contributed by atoms with Crippen molar-refractivity contribution in [2.24, 2.45) is 0 Å². The number of phenols is 1. The molecule has 5 nitrogen and oxygen atoms in total. The first kappa shape index (κ1) is 19.8. The molecule has 0 aromatic heterocycles. The van der Waals surface area contributed by atoms with E-state index in [1.165, 1.54) is 6.07 Å². The topological polar surface area (TPSA) is 75.4 Å². The third-order valence-corrected chi connectivity index (χ3v) is 4.40. The van der Waals surface area contributed by atoms with Gasteiger partial charge in [-0.2, -0.15) is 0 Å². The van der Waals surface area contributed by atoms with Crippen LogP contribution >= 0.6 is 0 Å². The number of rotatable bonds is 3. The van der Waals surface area contributed by atoms with E-state index in [0.29, 0.717) is 11.4 Å². The average molecular weight is 356 g/mol. The van der Waals surface area contributed by atoms with Crippen LogP contribution in [0.1, 0.15) is 58.2 Å². The Morgan fingerprint density at radius 2 is 1.58 bits per heavy atom. The number of nitrogens with zero attached hydrogens (tertiary/aromatic N) is 1. The minimum Gasteiger partial charge on any atom is -0.505 e. The van der Waals surface area contributed by atoms with E-state index in [1.54, 1.807) is 6.07 Å². The van der Waals surface area contributed by atoms with Gasteiger partial charge in [0.1, 0.15) is 11.4 Å². The maximum Gasteiger partial charge on any atom is 0.292 e. The third-order valence-electron chi connectivity index (χ3n) is 4.40. The molecule has 2 aromatic carbocycles. The molecule has 26 heavy (non-hydrogen) atoms. The van der Waals surface area contributed by atoms with Crippen LogP contribution in [0.3, 0.4) is 0 Å². The number of nitrogens with one attached hydrogen (secondary N) is 1. The number of hydrogen-bond donors (Lipinski definition) is 2. The molecule has 0 amide bonds. The largest absolute Gasteiger partial charge is 0.505 e. The van der Waals surface area contributed by atoms with Gasteiger partial charge in [-0.3, -0.25) is 10.1 Å². The van der Waals surface area contributed by atoms with Crippen LogP contribution in [0, 0.1) is 17.0 Å². The van der Waals surface area contributed by atoms with E-state index < -0.39 is 4.92 Å². The first-order chi connectivity index (χ1) is 11.8. The van der Waals surface area contributed by atoms with E-state index in [1.807, 2.05) is 45.9 Å². The number of aryl methyl sites for hydroxylation is 1. The fourth-order valence-electron chi connectivity index (χ4n) is 2.78. The van der Waals surface area contributed by atoms with Crippen molar-refractivity contribution in [2.75, 3.05) is 5.32 Å². The Bertz CT molecular complexity index is 844. The Labute approximate surface area is 155 Å². The lowest BCUT2D eigenvalue weighted by atomic mass is 9.79. The van der Waals surface area contributed by atoms with Gasteiger partial charge in [0, 0.05) is 11.6 Å². The summed E-state index contributed by atoms with van der Waals surface area (Å²) in [6, 6.07) is 8.90. The van der Waals surface area contributed by atoms with Gasteiger partial charge in [-0.25, -0.2) is 0 Å². The quantitative estimate of drug-likeness (QED) is 0.405. The van der Waals surface area contributed by atoms with E-state index in [0.717, 1.165) is 16.7 Å². The van der Waals surface area contributed by atoms with Crippen molar-refractivity contribution >= 4 is 17.1 Å². The molecule has 0 spiro atoms. The lowest BCUT2D eigenvalue weighted by molar-refractivity contribution is -0.384. The van der Waals surface area contributed by atoms with Gasteiger partial charge in [0.15, 0.2) is 0 Å². The monoisotopic (exact) mass is 356 g/mol. The van der Waals surface area contributed by atoms with Crippen molar-refractivity contribution in [1.29, 1.82) is 0 Å². The van der Waals surface area contributed by atoms with Gasteiger partial charge in [-0.1, -0.05) is 53.7 Å². The zero-order valence-electron chi connectivity index (χ0n) is 16.6. The van der Waals surface area contributed by atoms with Crippen molar-refractivity contribution in [1.82, 2.24) is 0 Å². The molecular formula is C21H28N2O3. The van der Waals surface area contributed by atoms with Gasteiger partial charge < -0.3 is 10.4 Å². The summed E-state index contributed by atoms with van der Waals surface area (Å²) in [7, 11) is 0. The molecule has 0 aliphatic heterocycles. The van der Waals surface area contributed by atoms with E-state index in [4.69, 9.17) is 0 Å². The second kappa shape index (κ2) is 6.63. The van der Waals surface area contributed by atoms with Crippen molar-refractivity contribution in [2.45, 2.75) is 59.3 Å². The van der Waals surface area contributed by atoms with Crippen LogP contribution in [0.25, 0.3) is 0 Å². The molecule has 0 heterocycles. The fraction of sp³-hybridized carbons (Fsp3) is 0.429. The van der Waals surface area contributed by atoms with Crippen molar-refractivity contribution < 1.29 is 10.0 Å². The summed E-state index contributed by atoms with van der Waals surface area (Å²) in [5.74, 6) is 0.125. The highest BCUT2D eigenvalue weighted by molar-refractivity contribution is 5.75. The van der Waals surface area contributed by atoms with Crippen LogP contribution in [-0.4, -0.2) is 10.0 Å². The summed E-state index contributed by atoms with van der Waals surface area (Å²) < 4.78 is 0. The number of anilines is 2. The molecule has 0 bridgehead atoms. The van der Waals surface area contributed by atoms with Crippen molar-refractivity contribution in [3.63, 3.8) is 0 Å². The van der Waals surface area contributed by atoms with Crippen LogP contribution in [0.4, 0.5) is 17.1 Å². The minimum absolute atomic E-state index is 0.0112. The first-order valence-corrected chi connectivity index (χ1v) is 8.71. The predicted molar refractivity (Wildman–Crippen MR) is 107 cm³/mol. The van der Waals surface area contributed by atoms with Crippen molar-refractivity contribution in [3.8, 4) is 5.75 Å². The predicted octanol–water partition coefficient (Wildman–Crippen LogP) is 5.95. The molecule has 2 aromatic rings. The zero-order valence-corrected chi connectivity index (χ0v) is 16.6. The van der Waals surface area contributed by atoms with Crippen LogP contribution < -0.4 is 5.32 Å². The molecule has 0 saturated carbocycles. The average Bonchev–Trinajstić information content (AvgIpc) is 2.48. The van der Waals surface area contributed by atoms with Gasteiger partial charge in [0.05, 0.1) is 10.6 Å². The first-order valence-electron chi connectivity index (χ1n) is 8.71. The molecule has 0 unspecified atom stereocenters. The molecule has 0 radical (unpaired) electrons. The van der Waals surface area contributed by atoms with E-state index >= 15 is 0 Å². The van der Waals surface area contributed by atoms with Crippen LogP contribution in [0.15, 0.2) is 30.3 Å². The highest BCUT2D eigenvalue weighted by Crippen LogP contribution is 2.42. The molecule has 0 aliphatic rings. The van der Waals surface area contributed by atoms with Crippen LogP contribution in [0.5, 0.6) is 5.75 Å². The zero-order chi connectivity index (χ0) is 19.9. The Kier molecular flexibility index (Phi) is 5.04. The second-order valence-corrected chi connectivity index (χ2v) is 8.82. The number of aromatic hydroxyl groups is 1.